The SMILES string of the molecule is CC(C)N(OC(=O)Oc1ccccc1)C(=O)S. The minimum absolute atomic E-state index is 0.316. The number of carbonyl (C=O) groups excluding carboxylic acids is 2. The summed E-state index contributed by atoms with van der Waals surface area (Å²) < 4.78 is 4.86. The number of nitrogens with zero attached hydrogens (tertiary/aromatic N) is 1. The molecule has 0 N–H and O–H groups in total. The van der Waals surface area contributed by atoms with Crippen molar-refractivity contribution in [1.82, 2.24) is 5.06 Å². The van der Waals surface area contributed by atoms with E-state index >= 15 is 0 Å². The van der Waals surface area contributed by atoms with Gasteiger partial charge in [-0.1, -0.05) is 30.8 Å². The number of carbonyl (C=O) groups is 2. The molecule has 6 heteroatoms. The summed E-state index contributed by atoms with van der Waals surface area (Å²) in [4.78, 5) is 27.1. The molecule has 5 nitrogen and oxygen atoms in total. The molecule has 1 amide bonds. The maximum Gasteiger partial charge on any atom is 0.539 e. The summed E-state index contributed by atoms with van der Waals surface area (Å²) in [6.07, 6.45) is -0.979. The van der Waals surface area contributed by atoms with Crippen LogP contribution in [0, 0.1) is 0 Å². The molecule has 0 radical (unpaired) electrons. The Labute approximate surface area is 105 Å². The molecule has 0 atom stereocenters. The van der Waals surface area contributed by atoms with E-state index in [0.29, 0.717) is 5.75 Å². The first kappa shape index (κ1) is 13.4. The van der Waals surface area contributed by atoms with Gasteiger partial charge in [0.1, 0.15) is 5.75 Å². The van der Waals surface area contributed by atoms with Crippen LogP contribution < -0.4 is 4.74 Å². The molecule has 0 saturated heterocycles. The van der Waals surface area contributed by atoms with Crippen LogP contribution in [0.3, 0.4) is 0 Å². The molecule has 0 bridgehead atoms. The van der Waals surface area contributed by atoms with Crippen LogP contribution in [0.15, 0.2) is 30.3 Å². The molecule has 0 aliphatic rings. The second kappa shape index (κ2) is 6.15. The van der Waals surface area contributed by atoms with Gasteiger partial charge < -0.3 is 9.57 Å². The van der Waals surface area contributed by atoms with Crippen molar-refractivity contribution in [3.63, 3.8) is 0 Å². The van der Waals surface area contributed by atoms with Crippen LogP contribution in [0.4, 0.5) is 9.59 Å². The van der Waals surface area contributed by atoms with Crippen LogP contribution >= 0.6 is 12.6 Å². The monoisotopic (exact) mass is 255 g/mol. The Morgan fingerprint density at radius 1 is 1.24 bits per heavy atom. The lowest BCUT2D eigenvalue weighted by Crippen LogP contribution is -2.36. The predicted molar refractivity (Wildman–Crippen MR) is 64.9 cm³/mol. The smallest absolute Gasteiger partial charge is 0.393 e. The molecule has 0 aromatic heterocycles. The van der Waals surface area contributed by atoms with Crippen molar-refractivity contribution in [2.45, 2.75) is 19.9 Å². The quantitative estimate of drug-likeness (QED) is 0.382. The Balaban J connectivity index is 2.57. The highest BCUT2D eigenvalue weighted by Gasteiger charge is 2.20. The number of benzene rings is 1. The van der Waals surface area contributed by atoms with Gasteiger partial charge in [0.15, 0.2) is 0 Å². The third-order valence-corrected chi connectivity index (χ3v) is 1.97. The Morgan fingerprint density at radius 3 is 2.29 bits per heavy atom. The van der Waals surface area contributed by atoms with E-state index in [1.165, 1.54) is 0 Å². The van der Waals surface area contributed by atoms with Crippen LogP contribution in [-0.2, 0) is 4.84 Å². The maximum absolute atomic E-state index is 11.4. The van der Waals surface area contributed by atoms with Crippen LogP contribution in [-0.4, -0.2) is 22.5 Å². The van der Waals surface area contributed by atoms with Gasteiger partial charge in [0.2, 0.25) is 0 Å². The van der Waals surface area contributed by atoms with Gasteiger partial charge >= 0.3 is 11.4 Å². The Hall–Kier alpha value is -1.69. The summed E-state index contributed by atoms with van der Waals surface area (Å²) in [6, 6.07) is 8.10. The maximum atomic E-state index is 11.4. The van der Waals surface area contributed by atoms with Crippen molar-refractivity contribution in [1.29, 1.82) is 0 Å². The Morgan fingerprint density at radius 2 is 1.82 bits per heavy atom. The number of rotatable bonds is 2. The van der Waals surface area contributed by atoms with Gasteiger partial charge in [-0.05, 0) is 26.0 Å². The molecule has 1 rings (SSSR count). The van der Waals surface area contributed by atoms with E-state index in [1.807, 2.05) is 0 Å². The summed E-state index contributed by atoms with van der Waals surface area (Å²) in [7, 11) is 0. The minimum Gasteiger partial charge on any atom is -0.393 e. The molecule has 1 aromatic rings. The average molecular weight is 255 g/mol. The number of hydrogen-bond acceptors (Lipinski definition) is 4. The van der Waals surface area contributed by atoms with E-state index in [1.54, 1.807) is 44.2 Å². The summed E-state index contributed by atoms with van der Waals surface area (Å²) in [6.45, 7) is 3.37. The molecular weight excluding hydrogens is 242 g/mol. The zero-order valence-corrected chi connectivity index (χ0v) is 10.4. The van der Waals surface area contributed by atoms with E-state index in [9.17, 15) is 9.59 Å². The summed E-state index contributed by atoms with van der Waals surface area (Å²) >= 11 is 3.59. The number of thiol groups is 1. The first-order chi connectivity index (χ1) is 8.00. The molecule has 0 fully saturated rings. The molecule has 0 aliphatic carbocycles. The molecule has 0 heterocycles. The second-order valence-electron chi connectivity index (χ2n) is 3.46. The second-order valence-corrected chi connectivity index (χ2v) is 3.84. The van der Waals surface area contributed by atoms with E-state index in [2.05, 4.69) is 12.6 Å². The third-order valence-electron chi connectivity index (χ3n) is 1.77. The average Bonchev–Trinajstić information content (AvgIpc) is 2.26. The minimum atomic E-state index is -0.979. The van der Waals surface area contributed by atoms with E-state index in [4.69, 9.17) is 9.57 Å². The van der Waals surface area contributed by atoms with Gasteiger partial charge in [0.05, 0.1) is 6.04 Å². The third kappa shape index (κ3) is 4.36. The fraction of sp³-hybridized carbons (Fsp3) is 0.273. The van der Waals surface area contributed by atoms with Crippen molar-refractivity contribution in [3.05, 3.63) is 30.3 Å². The normalized spacial score (nSPS) is 9.88. The van der Waals surface area contributed by atoms with Crippen molar-refractivity contribution in [3.8, 4) is 5.75 Å². The molecule has 0 saturated carbocycles. The van der Waals surface area contributed by atoms with Crippen molar-refractivity contribution < 1.29 is 19.2 Å². The first-order valence-corrected chi connectivity index (χ1v) is 5.42. The fourth-order valence-electron chi connectivity index (χ4n) is 1.05. The number of ether oxygens (including phenoxy) is 1. The van der Waals surface area contributed by atoms with E-state index in [-0.39, 0.29) is 6.04 Å². The van der Waals surface area contributed by atoms with Crippen LogP contribution in [0.2, 0.25) is 0 Å². The van der Waals surface area contributed by atoms with Gasteiger partial charge in [-0.2, -0.15) is 5.06 Å². The molecule has 0 aliphatic heterocycles. The summed E-state index contributed by atoms with van der Waals surface area (Å²) in [5.74, 6) is 0.341. The lowest BCUT2D eigenvalue weighted by Gasteiger charge is -2.21. The number of hydroxylamine groups is 2. The fourth-order valence-corrected chi connectivity index (χ4v) is 1.32. The Bertz CT molecular complexity index is 394. The predicted octanol–water partition coefficient (Wildman–Crippen LogP) is 2.88. The van der Waals surface area contributed by atoms with Crippen LogP contribution in [0.25, 0.3) is 0 Å². The van der Waals surface area contributed by atoms with E-state index in [0.717, 1.165) is 5.06 Å². The first-order valence-electron chi connectivity index (χ1n) is 4.97. The Kier molecular flexibility index (Phi) is 4.84. The number of para-hydroxylation sites is 1. The van der Waals surface area contributed by atoms with Gasteiger partial charge in [0, 0.05) is 0 Å². The highest BCUT2D eigenvalue weighted by Crippen LogP contribution is 2.11. The van der Waals surface area contributed by atoms with Crippen molar-refractivity contribution in [2.75, 3.05) is 0 Å². The topological polar surface area (TPSA) is 55.8 Å². The number of amides is 1. The van der Waals surface area contributed by atoms with Crippen molar-refractivity contribution in [2.24, 2.45) is 0 Å². The highest BCUT2D eigenvalue weighted by atomic mass is 32.1. The van der Waals surface area contributed by atoms with Gasteiger partial charge in [-0.3, -0.25) is 4.79 Å². The molecule has 17 heavy (non-hydrogen) atoms. The standard InChI is InChI=1S/C11H13NO4S/c1-8(2)12(10(13)17)16-11(14)15-9-6-4-3-5-7-9/h3-8H,1-2H3,(H,13,17). The molecule has 92 valence electrons. The highest BCUT2D eigenvalue weighted by molar-refractivity contribution is 7.96. The van der Waals surface area contributed by atoms with Gasteiger partial charge in [0.25, 0.3) is 0 Å². The molecule has 0 unspecified atom stereocenters. The lowest BCUT2D eigenvalue weighted by molar-refractivity contribution is -0.0879. The van der Waals surface area contributed by atoms with E-state index < -0.39 is 11.4 Å². The zero-order chi connectivity index (χ0) is 12.8. The van der Waals surface area contributed by atoms with Crippen LogP contribution in [0.5, 0.6) is 5.75 Å². The number of hydrogen-bond donors (Lipinski definition) is 1. The van der Waals surface area contributed by atoms with Crippen molar-refractivity contribution >= 4 is 24.0 Å². The summed E-state index contributed by atoms with van der Waals surface area (Å²) in [5, 5.41) is 0.166. The lowest BCUT2D eigenvalue weighted by atomic mass is 10.3. The van der Waals surface area contributed by atoms with Gasteiger partial charge in [-0.25, -0.2) is 4.79 Å². The largest absolute Gasteiger partial charge is 0.539 e. The van der Waals surface area contributed by atoms with Crippen LogP contribution in [0.1, 0.15) is 13.8 Å². The molecular formula is C11H13NO4S. The zero-order valence-electron chi connectivity index (χ0n) is 9.49. The molecule has 0 spiro atoms. The summed E-state index contributed by atoms with van der Waals surface area (Å²) in [5.41, 5.74) is 0. The molecule has 1 aromatic carbocycles. The van der Waals surface area contributed by atoms with Gasteiger partial charge in [-0.15, -0.1) is 0 Å².